The van der Waals surface area contributed by atoms with E-state index in [1.807, 2.05) is 54.9 Å². The Morgan fingerprint density at radius 1 is 0.818 bits per heavy atom. The van der Waals surface area contributed by atoms with Gasteiger partial charge in [-0.2, -0.15) is 0 Å². The Hall–Kier alpha value is -3.21. The molecule has 5 heteroatoms. The third-order valence-electron chi connectivity index (χ3n) is 3.13. The van der Waals surface area contributed by atoms with Gasteiger partial charge in [-0.05, 0) is 36.4 Å². The van der Waals surface area contributed by atoms with Crippen molar-refractivity contribution in [3.63, 3.8) is 0 Å². The average Bonchev–Trinajstić information content (AvgIpc) is 3.12. The van der Waals surface area contributed by atoms with E-state index in [2.05, 4.69) is 15.0 Å². The summed E-state index contributed by atoms with van der Waals surface area (Å²) in [6.07, 6.45) is 3.75. The topological polar surface area (TPSA) is 84.7 Å². The molecule has 0 atom stereocenters. The molecule has 22 heavy (non-hydrogen) atoms. The highest BCUT2D eigenvalue weighted by molar-refractivity contribution is 6.05. The minimum atomic E-state index is -0.486. The molecule has 0 bridgehead atoms. The number of aromatic nitrogens is 3. The van der Waals surface area contributed by atoms with Crippen molar-refractivity contribution < 1.29 is 4.79 Å². The van der Waals surface area contributed by atoms with E-state index < -0.39 is 5.91 Å². The molecule has 3 N–H and O–H groups in total. The molecule has 0 spiro atoms. The van der Waals surface area contributed by atoms with Crippen LogP contribution in [0.3, 0.4) is 0 Å². The first-order valence-corrected chi connectivity index (χ1v) is 6.79. The lowest BCUT2D eigenvalue weighted by atomic mass is 10.1. The standard InChI is InChI=1S/C13H9N3O.C4H5N/c14-13(17)8-4-3-7-11-12(8)16-10-6-2-1-5-9(10)15-11;1-2-4-5-3-1/h1-7H,(H2,14,17);1-5H. The number of para-hydroxylation sites is 3. The summed E-state index contributed by atoms with van der Waals surface area (Å²) in [5.41, 5.74) is 8.52. The molecule has 108 valence electrons. The van der Waals surface area contributed by atoms with Gasteiger partial charge in [0.05, 0.1) is 22.1 Å². The maximum atomic E-state index is 11.3. The highest BCUT2D eigenvalue weighted by Crippen LogP contribution is 2.18. The van der Waals surface area contributed by atoms with Crippen LogP contribution in [0.2, 0.25) is 0 Å². The average molecular weight is 290 g/mol. The molecule has 4 rings (SSSR count). The van der Waals surface area contributed by atoms with E-state index in [9.17, 15) is 4.79 Å². The first kappa shape index (κ1) is 13.8. The first-order chi connectivity index (χ1) is 10.8. The minimum absolute atomic E-state index is 0.403. The van der Waals surface area contributed by atoms with E-state index in [4.69, 9.17) is 5.73 Å². The maximum absolute atomic E-state index is 11.3. The summed E-state index contributed by atoms with van der Waals surface area (Å²) in [6.45, 7) is 0. The molecule has 1 amide bonds. The Morgan fingerprint density at radius 3 is 2.05 bits per heavy atom. The molecule has 0 fully saturated rings. The van der Waals surface area contributed by atoms with Crippen molar-refractivity contribution in [1.29, 1.82) is 0 Å². The second-order valence-corrected chi connectivity index (χ2v) is 4.63. The van der Waals surface area contributed by atoms with Gasteiger partial charge in [0.1, 0.15) is 5.52 Å². The van der Waals surface area contributed by atoms with Crippen LogP contribution < -0.4 is 5.73 Å². The molecule has 0 aliphatic carbocycles. The number of nitrogens with one attached hydrogen (secondary N) is 1. The number of hydrogen-bond donors (Lipinski definition) is 2. The minimum Gasteiger partial charge on any atom is -0.368 e. The number of nitrogens with two attached hydrogens (primary N) is 1. The number of benzene rings is 2. The SMILES string of the molecule is NC(=O)c1cccc2nc3ccccc3nc12.c1cc[nH]c1. The molecule has 0 radical (unpaired) electrons. The number of hydrogen-bond acceptors (Lipinski definition) is 3. The second-order valence-electron chi connectivity index (χ2n) is 4.63. The van der Waals surface area contributed by atoms with Gasteiger partial charge in [-0.25, -0.2) is 9.97 Å². The zero-order valence-electron chi connectivity index (χ0n) is 11.7. The Balaban J connectivity index is 0.000000246. The van der Waals surface area contributed by atoms with Gasteiger partial charge in [0.15, 0.2) is 0 Å². The lowest BCUT2D eigenvalue weighted by molar-refractivity contribution is 0.100. The molecule has 5 nitrogen and oxygen atoms in total. The molecule has 2 aromatic carbocycles. The molecular weight excluding hydrogens is 276 g/mol. The highest BCUT2D eigenvalue weighted by Gasteiger charge is 2.09. The first-order valence-electron chi connectivity index (χ1n) is 6.79. The van der Waals surface area contributed by atoms with E-state index in [1.54, 1.807) is 12.1 Å². The number of nitrogens with zero attached hydrogens (tertiary/aromatic N) is 2. The van der Waals surface area contributed by atoms with Crippen molar-refractivity contribution in [2.24, 2.45) is 5.73 Å². The van der Waals surface area contributed by atoms with Gasteiger partial charge in [-0.1, -0.05) is 18.2 Å². The number of fused-ring (bicyclic) bond motifs is 2. The number of carbonyl (C=O) groups excluding carboxylic acids is 1. The number of primary amides is 1. The highest BCUT2D eigenvalue weighted by atomic mass is 16.1. The van der Waals surface area contributed by atoms with Gasteiger partial charge < -0.3 is 10.7 Å². The third kappa shape index (κ3) is 2.78. The van der Waals surface area contributed by atoms with Gasteiger partial charge in [0.2, 0.25) is 0 Å². The van der Waals surface area contributed by atoms with E-state index in [0.29, 0.717) is 16.6 Å². The lowest BCUT2D eigenvalue weighted by Gasteiger charge is -2.03. The van der Waals surface area contributed by atoms with Crippen molar-refractivity contribution in [2.75, 3.05) is 0 Å². The van der Waals surface area contributed by atoms with Crippen molar-refractivity contribution in [2.45, 2.75) is 0 Å². The van der Waals surface area contributed by atoms with Crippen LogP contribution in [-0.2, 0) is 0 Å². The van der Waals surface area contributed by atoms with E-state index in [-0.39, 0.29) is 0 Å². The van der Waals surface area contributed by atoms with Gasteiger partial charge >= 0.3 is 0 Å². The molecular formula is C17H14N4O. The van der Waals surface area contributed by atoms with Crippen LogP contribution in [0, 0.1) is 0 Å². The van der Waals surface area contributed by atoms with Gasteiger partial charge in [-0.3, -0.25) is 4.79 Å². The van der Waals surface area contributed by atoms with Crippen LogP contribution in [-0.4, -0.2) is 20.9 Å². The van der Waals surface area contributed by atoms with Crippen LogP contribution >= 0.6 is 0 Å². The molecule has 0 unspecified atom stereocenters. The summed E-state index contributed by atoms with van der Waals surface area (Å²) in [4.78, 5) is 23.1. The lowest BCUT2D eigenvalue weighted by Crippen LogP contribution is -2.12. The van der Waals surface area contributed by atoms with Crippen LogP contribution in [0.1, 0.15) is 10.4 Å². The molecule has 0 saturated carbocycles. The van der Waals surface area contributed by atoms with Crippen LogP contribution in [0.4, 0.5) is 0 Å². The van der Waals surface area contributed by atoms with Crippen molar-refractivity contribution in [3.8, 4) is 0 Å². The largest absolute Gasteiger partial charge is 0.368 e. The quantitative estimate of drug-likeness (QED) is 0.529. The number of rotatable bonds is 1. The molecule has 0 aliphatic heterocycles. The zero-order chi connectivity index (χ0) is 15.4. The summed E-state index contributed by atoms with van der Waals surface area (Å²) in [6, 6.07) is 16.7. The Bertz CT molecular complexity index is 899. The Labute approximate surface area is 126 Å². The monoisotopic (exact) mass is 290 g/mol. The van der Waals surface area contributed by atoms with Crippen LogP contribution in [0.15, 0.2) is 67.0 Å². The number of H-pyrrole nitrogens is 1. The molecule has 2 aromatic heterocycles. The Kier molecular flexibility index (Phi) is 3.78. The zero-order valence-corrected chi connectivity index (χ0v) is 11.7. The summed E-state index contributed by atoms with van der Waals surface area (Å²) >= 11 is 0. The summed E-state index contributed by atoms with van der Waals surface area (Å²) in [5.74, 6) is -0.486. The maximum Gasteiger partial charge on any atom is 0.250 e. The van der Waals surface area contributed by atoms with Crippen molar-refractivity contribution in [1.82, 2.24) is 15.0 Å². The predicted molar refractivity (Wildman–Crippen MR) is 86.4 cm³/mol. The molecule has 2 heterocycles. The normalized spacial score (nSPS) is 10.2. The summed E-state index contributed by atoms with van der Waals surface area (Å²) < 4.78 is 0. The predicted octanol–water partition coefficient (Wildman–Crippen LogP) is 2.90. The molecule has 0 saturated heterocycles. The van der Waals surface area contributed by atoms with Gasteiger partial charge in [0.25, 0.3) is 5.91 Å². The fourth-order valence-electron chi connectivity index (χ4n) is 2.12. The van der Waals surface area contributed by atoms with Crippen molar-refractivity contribution >= 4 is 28.0 Å². The third-order valence-corrected chi connectivity index (χ3v) is 3.13. The summed E-state index contributed by atoms with van der Waals surface area (Å²) in [5, 5.41) is 0. The number of aromatic amines is 1. The Morgan fingerprint density at radius 2 is 1.45 bits per heavy atom. The van der Waals surface area contributed by atoms with Crippen LogP contribution in [0.5, 0.6) is 0 Å². The van der Waals surface area contributed by atoms with Gasteiger partial charge in [-0.15, -0.1) is 0 Å². The smallest absolute Gasteiger partial charge is 0.250 e. The number of carbonyl (C=O) groups is 1. The van der Waals surface area contributed by atoms with E-state index in [0.717, 1.165) is 11.0 Å². The molecule has 4 aromatic rings. The second kappa shape index (κ2) is 6.05. The fraction of sp³-hybridized carbons (Fsp3) is 0. The van der Waals surface area contributed by atoms with Crippen LogP contribution in [0.25, 0.3) is 22.1 Å². The van der Waals surface area contributed by atoms with Gasteiger partial charge in [0, 0.05) is 12.4 Å². The number of amides is 1. The summed E-state index contributed by atoms with van der Waals surface area (Å²) in [7, 11) is 0. The molecule has 0 aliphatic rings. The van der Waals surface area contributed by atoms with E-state index in [1.165, 1.54) is 0 Å². The van der Waals surface area contributed by atoms with E-state index >= 15 is 0 Å². The fourth-order valence-corrected chi connectivity index (χ4v) is 2.12. The van der Waals surface area contributed by atoms with Crippen molar-refractivity contribution in [3.05, 3.63) is 72.6 Å².